The summed E-state index contributed by atoms with van der Waals surface area (Å²) in [5.74, 6) is -1.15. The molecule has 0 N–H and O–H groups in total. The summed E-state index contributed by atoms with van der Waals surface area (Å²) in [6.07, 6.45) is 5.42. The van der Waals surface area contributed by atoms with E-state index in [0.717, 1.165) is 19.3 Å². The van der Waals surface area contributed by atoms with Gasteiger partial charge in [-0.2, -0.15) is 0 Å². The van der Waals surface area contributed by atoms with Crippen LogP contribution in [0.4, 0.5) is 0 Å². The Kier molecular flexibility index (Phi) is 3.84. The quantitative estimate of drug-likeness (QED) is 0.794. The summed E-state index contributed by atoms with van der Waals surface area (Å²) in [6.45, 7) is 0. The lowest BCUT2D eigenvalue weighted by atomic mass is 9.99. The molecule has 2 aliphatic heterocycles. The van der Waals surface area contributed by atoms with Gasteiger partial charge in [-0.1, -0.05) is 17.2 Å². The zero-order valence-electron chi connectivity index (χ0n) is 13.3. The van der Waals surface area contributed by atoms with Gasteiger partial charge in [0, 0.05) is 0 Å². The van der Waals surface area contributed by atoms with Crippen LogP contribution >= 0.6 is 0 Å². The molecule has 1 saturated heterocycles. The van der Waals surface area contributed by atoms with Crippen LogP contribution in [0, 0.1) is 5.92 Å². The SMILES string of the molecule is O=C(C[C@H]1CCC[C@@H](C2CC2)O1)ON1C(=O)c2ccccc2C1=O. The predicted molar refractivity (Wildman–Crippen MR) is 82.9 cm³/mol. The van der Waals surface area contributed by atoms with Gasteiger partial charge in [0.05, 0.1) is 29.8 Å². The number of fused-ring (bicyclic) bond motifs is 1. The first-order valence-electron chi connectivity index (χ1n) is 8.47. The zero-order chi connectivity index (χ0) is 16.7. The van der Waals surface area contributed by atoms with E-state index >= 15 is 0 Å². The van der Waals surface area contributed by atoms with Gasteiger partial charge >= 0.3 is 5.97 Å². The average Bonchev–Trinajstić information content (AvgIpc) is 3.41. The molecule has 1 aromatic rings. The van der Waals surface area contributed by atoms with Gasteiger partial charge in [-0.05, 0) is 50.2 Å². The van der Waals surface area contributed by atoms with Crippen LogP contribution in [-0.4, -0.2) is 35.1 Å². The lowest BCUT2D eigenvalue weighted by Gasteiger charge is -2.29. The Morgan fingerprint density at radius 1 is 1.08 bits per heavy atom. The average molecular weight is 329 g/mol. The fraction of sp³-hybridized carbons (Fsp3) is 0.500. The summed E-state index contributed by atoms with van der Waals surface area (Å²) in [4.78, 5) is 41.6. The van der Waals surface area contributed by atoms with Crippen molar-refractivity contribution in [3.8, 4) is 0 Å². The Hall–Kier alpha value is -2.21. The first-order chi connectivity index (χ1) is 11.6. The number of ether oxygens (including phenoxy) is 1. The number of benzene rings is 1. The molecule has 0 spiro atoms. The highest BCUT2D eigenvalue weighted by molar-refractivity contribution is 6.20. The second-order valence-corrected chi connectivity index (χ2v) is 6.68. The highest BCUT2D eigenvalue weighted by atomic mass is 16.7. The number of carbonyl (C=O) groups is 3. The summed E-state index contributed by atoms with van der Waals surface area (Å²) in [6, 6.07) is 6.44. The van der Waals surface area contributed by atoms with E-state index in [1.54, 1.807) is 24.3 Å². The number of nitrogens with zero attached hydrogens (tertiary/aromatic N) is 1. The Bertz CT molecular complexity index is 661. The third-order valence-electron chi connectivity index (χ3n) is 4.87. The minimum absolute atomic E-state index is 0.0661. The minimum Gasteiger partial charge on any atom is -0.374 e. The van der Waals surface area contributed by atoms with Gasteiger partial charge in [0.15, 0.2) is 0 Å². The van der Waals surface area contributed by atoms with Crippen molar-refractivity contribution in [3.63, 3.8) is 0 Å². The molecule has 1 aliphatic carbocycles. The summed E-state index contributed by atoms with van der Waals surface area (Å²) >= 11 is 0. The van der Waals surface area contributed by atoms with Gasteiger partial charge in [-0.3, -0.25) is 9.59 Å². The van der Waals surface area contributed by atoms with Crippen LogP contribution in [0.5, 0.6) is 0 Å². The summed E-state index contributed by atoms with van der Waals surface area (Å²) in [5.41, 5.74) is 0.524. The molecule has 2 amide bonds. The molecule has 6 heteroatoms. The lowest BCUT2D eigenvalue weighted by molar-refractivity contribution is -0.174. The standard InChI is InChI=1S/C18H19NO5/c20-16(10-12-4-3-7-15(23-12)11-8-9-11)24-19-17(21)13-5-1-2-6-14(13)18(19)22/h1-2,5-6,11-12,15H,3-4,7-10H2/t12-,15+/m1/s1. The van der Waals surface area contributed by atoms with E-state index in [1.807, 2.05) is 0 Å². The highest BCUT2D eigenvalue weighted by Crippen LogP contribution is 2.39. The highest BCUT2D eigenvalue weighted by Gasteiger charge is 2.40. The maximum atomic E-state index is 12.2. The number of hydrogen-bond donors (Lipinski definition) is 0. The predicted octanol–water partition coefficient (Wildman–Crippen LogP) is 2.48. The molecule has 0 bridgehead atoms. The molecule has 126 valence electrons. The first kappa shape index (κ1) is 15.3. The topological polar surface area (TPSA) is 72.9 Å². The van der Waals surface area contributed by atoms with Crippen molar-refractivity contribution in [2.75, 3.05) is 0 Å². The molecule has 1 saturated carbocycles. The maximum Gasteiger partial charge on any atom is 0.335 e. The van der Waals surface area contributed by atoms with Crippen molar-refractivity contribution < 1.29 is 24.0 Å². The van der Waals surface area contributed by atoms with E-state index in [9.17, 15) is 14.4 Å². The van der Waals surface area contributed by atoms with E-state index in [1.165, 1.54) is 12.8 Å². The number of hydrogen-bond acceptors (Lipinski definition) is 5. The number of carbonyl (C=O) groups excluding carboxylic acids is 3. The molecule has 0 radical (unpaired) electrons. The van der Waals surface area contributed by atoms with E-state index < -0.39 is 17.8 Å². The Morgan fingerprint density at radius 3 is 2.38 bits per heavy atom. The van der Waals surface area contributed by atoms with E-state index in [0.29, 0.717) is 11.0 Å². The van der Waals surface area contributed by atoms with Crippen molar-refractivity contribution in [2.45, 2.75) is 50.7 Å². The van der Waals surface area contributed by atoms with Crippen LogP contribution in [0.15, 0.2) is 24.3 Å². The fourth-order valence-electron chi connectivity index (χ4n) is 3.47. The van der Waals surface area contributed by atoms with Gasteiger partial charge in [0.25, 0.3) is 11.8 Å². The van der Waals surface area contributed by atoms with Crippen LogP contribution < -0.4 is 0 Å². The van der Waals surface area contributed by atoms with Crippen LogP contribution in [-0.2, 0) is 14.4 Å². The van der Waals surface area contributed by atoms with Gasteiger partial charge in [-0.15, -0.1) is 0 Å². The molecule has 0 unspecified atom stereocenters. The molecule has 3 aliphatic rings. The summed E-state index contributed by atoms with van der Waals surface area (Å²) < 4.78 is 5.97. The van der Waals surface area contributed by atoms with Crippen LogP contribution in [0.1, 0.15) is 59.2 Å². The Labute approximate surface area is 139 Å². The Balaban J connectivity index is 1.36. The van der Waals surface area contributed by atoms with Crippen LogP contribution in [0.3, 0.4) is 0 Å². The number of imide groups is 1. The molecule has 2 fully saturated rings. The molecule has 6 nitrogen and oxygen atoms in total. The lowest BCUT2D eigenvalue weighted by Crippen LogP contribution is -2.36. The van der Waals surface area contributed by atoms with Gasteiger partial charge in [-0.25, -0.2) is 4.79 Å². The van der Waals surface area contributed by atoms with Gasteiger partial charge in [0.2, 0.25) is 0 Å². The van der Waals surface area contributed by atoms with E-state index in [-0.39, 0.29) is 29.8 Å². The van der Waals surface area contributed by atoms with E-state index in [2.05, 4.69) is 0 Å². The molecular weight excluding hydrogens is 310 g/mol. The normalized spacial score (nSPS) is 26.4. The third kappa shape index (κ3) is 2.82. The molecule has 2 heterocycles. The second-order valence-electron chi connectivity index (χ2n) is 6.68. The van der Waals surface area contributed by atoms with Gasteiger partial charge < -0.3 is 9.57 Å². The fourth-order valence-corrected chi connectivity index (χ4v) is 3.47. The van der Waals surface area contributed by atoms with Crippen molar-refractivity contribution in [2.24, 2.45) is 5.92 Å². The minimum atomic E-state index is -0.606. The number of amides is 2. The number of hydroxylamine groups is 2. The third-order valence-corrected chi connectivity index (χ3v) is 4.87. The Morgan fingerprint density at radius 2 is 1.75 bits per heavy atom. The molecule has 4 rings (SSSR count). The molecule has 1 aromatic carbocycles. The van der Waals surface area contributed by atoms with Crippen molar-refractivity contribution in [1.82, 2.24) is 5.06 Å². The molecule has 2 atom stereocenters. The first-order valence-corrected chi connectivity index (χ1v) is 8.47. The second kappa shape index (κ2) is 6.02. The van der Waals surface area contributed by atoms with Crippen LogP contribution in [0.25, 0.3) is 0 Å². The van der Waals surface area contributed by atoms with Crippen molar-refractivity contribution in [3.05, 3.63) is 35.4 Å². The molecule has 0 aromatic heterocycles. The van der Waals surface area contributed by atoms with Crippen molar-refractivity contribution in [1.29, 1.82) is 0 Å². The maximum absolute atomic E-state index is 12.2. The van der Waals surface area contributed by atoms with Crippen molar-refractivity contribution >= 4 is 17.8 Å². The zero-order valence-corrected chi connectivity index (χ0v) is 13.3. The summed E-state index contributed by atoms with van der Waals surface area (Å²) in [5, 5.41) is 0.564. The number of rotatable bonds is 4. The summed E-state index contributed by atoms with van der Waals surface area (Å²) in [7, 11) is 0. The smallest absolute Gasteiger partial charge is 0.335 e. The van der Waals surface area contributed by atoms with E-state index in [4.69, 9.17) is 9.57 Å². The molecule has 24 heavy (non-hydrogen) atoms. The monoisotopic (exact) mass is 329 g/mol. The van der Waals surface area contributed by atoms with Crippen LogP contribution in [0.2, 0.25) is 0 Å². The largest absolute Gasteiger partial charge is 0.374 e. The molecular formula is C18H19NO5. The van der Waals surface area contributed by atoms with Gasteiger partial charge in [0.1, 0.15) is 0 Å².